The number of benzene rings is 1. The molecule has 6 nitrogen and oxygen atoms in total. The maximum absolute atomic E-state index is 12.8. The average molecular weight is 379 g/mol. The number of nitrogens with two attached hydrogens (primary N) is 1. The lowest BCUT2D eigenvalue weighted by Crippen LogP contribution is -2.74. The first kappa shape index (κ1) is 20.4. The first-order valence-electron chi connectivity index (χ1n) is 8.65. The van der Waals surface area contributed by atoms with E-state index in [1.54, 1.807) is 6.20 Å². The van der Waals surface area contributed by atoms with E-state index in [4.69, 9.17) is 10.5 Å². The van der Waals surface area contributed by atoms with E-state index in [9.17, 15) is 4.79 Å². The minimum atomic E-state index is -0.962. The van der Waals surface area contributed by atoms with Crippen molar-refractivity contribution >= 4 is 24.3 Å². The fourth-order valence-corrected chi connectivity index (χ4v) is 3.37. The predicted octanol–water partition coefficient (Wildman–Crippen LogP) is 2.82. The molecule has 3 N–H and O–H groups in total. The van der Waals surface area contributed by atoms with Gasteiger partial charge in [-0.1, -0.05) is 44.2 Å². The lowest BCUT2D eigenvalue weighted by molar-refractivity contribution is -0.166. The molecule has 1 aromatic heterocycles. The summed E-state index contributed by atoms with van der Waals surface area (Å²) >= 11 is 0. The molecule has 0 aliphatic heterocycles. The Balaban J connectivity index is 0.00000243. The SMILES string of the molecule is CCOC1CC(N)(C(=O)Nc2nccn2Cc2ccccc2)C1(C)C.Cl. The quantitative estimate of drug-likeness (QED) is 0.809. The maximum atomic E-state index is 12.8. The first-order valence-corrected chi connectivity index (χ1v) is 8.65. The Hall–Kier alpha value is -1.89. The van der Waals surface area contributed by atoms with Gasteiger partial charge < -0.3 is 15.0 Å². The zero-order valence-electron chi connectivity index (χ0n) is 15.4. The van der Waals surface area contributed by atoms with Crippen LogP contribution in [0.2, 0.25) is 0 Å². The molecule has 1 heterocycles. The molecule has 0 radical (unpaired) electrons. The molecule has 1 fully saturated rings. The van der Waals surface area contributed by atoms with Crippen LogP contribution < -0.4 is 11.1 Å². The molecule has 1 amide bonds. The second-order valence-corrected chi connectivity index (χ2v) is 7.16. The Bertz CT molecular complexity index is 747. The van der Waals surface area contributed by atoms with Gasteiger partial charge in [-0.15, -0.1) is 12.4 Å². The fourth-order valence-electron chi connectivity index (χ4n) is 3.37. The van der Waals surface area contributed by atoms with E-state index in [1.807, 2.05) is 61.9 Å². The van der Waals surface area contributed by atoms with Gasteiger partial charge >= 0.3 is 0 Å². The van der Waals surface area contributed by atoms with Gasteiger partial charge in [-0.3, -0.25) is 10.1 Å². The number of nitrogens with one attached hydrogen (secondary N) is 1. The number of aromatic nitrogens is 2. The molecule has 142 valence electrons. The second-order valence-electron chi connectivity index (χ2n) is 7.16. The van der Waals surface area contributed by atoms with Gasteiger partial charge in [0.25, 0.3) is 0 Å². The van der Waals surface area contributed by atoms with Crippen molar-refractivity contribution < 1.29 is 9.53 Å². The van der Waals surface area contributed by atoms with Gasteiger partial charge in [-0.25, -0.2) is 4.98 Å². The molecule has 0 spiro atoms. The number of ether oxygens (including phenoxy) is 1. The topological polar surface area (TPSA) is 82.2 Å². The maximum Gasteiger partial charge on any atom is 0.247 e. The van der Waals surface area contributed by atoms with Crippen LogP contribution in [0.5, 0.6) is 0 Å². The molecule has 1 aliphatic rings. The number of amides is 1. The molecular formula is C19H27ClN4O2. The Labute approximate surface area is 160 Å². The summed E-state index contributed by atoms with van der Waals surface area (Å²) in [4.78, 5) is 17.1. The van der Waals surface area contributed by atoms with Crippen molar-refractivity contribution in [3.8, 4) is 0 Å². The summed E-state index contributed by atoms with van der Waals surface area (Å²) in [5, 5.41) is 2.90. The molecule has 26 heavy (non-hydrogen) atoms. The molecule has 0 saturated heterocycles. The Morgan fingerprint density at radius 1 is 1.38 bits per heavy atom. The number of hydrogen-bond donors (Lipinski definition) is 2. The molecule has 2 aromatic rings. The van der Waals surface area contributed by atoms with Crippen molar-refractivity contribution in [1.82, 2.24) is 9.55 Å². The third-order valence-electron chi connectivity index (χ3n) is 5.37. The van der Waals surface area contributed by atoms with E-state index in [0.29, 0.717) is 25.5 Å². The van der Waals surface area contributed by atoms with Crippen molar-refractivity contribution in [2.24, 2.45) is 11.1 Å². The highest BCUT2D eigenvalue weighted by Gasteiger charge is 2.63. The molecule has 3 rings (SSSR count). The van der Waals surface area contributed by atoms with Crippen LogP contribution in [0.4, 0.5) is 5.95 Å². The highest BCUT2D eigenvalue weighted by molar-refractivity contribution is 5.98. The number of rotatable bonds is 6. The van der Waals surface area contributed by atoms with E-state index in [2.05, 4.69) is 10.3 Å². The van der Waals surface area contributed by atoms with E-state index in [0.717, 1.165) is 5.56 Å². The number of anilines is 1. The summed E-state index contributed by atoms with van der Waals surface area (Å²) in [5.41, 5.74) is 6.18. The monoisotopic (exact) mass is 378 g/mol. The summed E-state index contributed by atoms with van der Waals surface area (Å²) in [6.45, 7) is 7.17. The van der Waals surface area contributed by atoms with Gasteiger partial charge in [0.15, 0.2) is 0 Å². The van der Waals surface area contributed by atoms with Gasteiger partial charge in [0.05, 0.1) is 12.6 Å². The number of imidazole rings is 1. The zero-order chi connectivity index (χ0) is 18.1. The summed E-state index contributed by atoms with van der Waals surface area (Å²) < 4.78 is 7.60. The third kappa shape index (κ3) is 3.49. The smallest absolute Gasteiger partial charge is 0.247 e. The standard InChI is InChI=1S/C19H26N4O2.ClH/c1-4-25-15-12-19(20,18(15,2)3)16(24)22-17-21-10-11-23(17)13-14-8-6-5-7-9-14;/h5-11,15H,4,12-13,20H2,1-3H3,(H,21,22,24);1H. The normalized spacial score (nSPS) is 23.6. The predicted molar refractivity (Wildman–Crippen MR) is 104 cm³/mol. The number of carbonyl (C=O) groups is 1. The van der Waals surface area contributed by atoms with Gasteiger partial charge in [-0.05, 0) is 12.5 Å². The van der Waals surface area contributed by atoms with Gasteiger partial charge in [0.1, 0.15) is 5.54 Å². The highest BCUT2D eigenvalue weighted by Crippen LogP contribution is 2.50. The number of hydrogen-bond acceptors (Lipinski definition) is 4. The molecular weight excluding hydrogens is 352 g/mol. The molecule has 2 atom stereocenters. The zero-order valence-corrected chi connectivity index (χ0v) is 16.3. The van der Waals surface area contributed by atoms with E-state index in [-0.39, 0.29) is 24.4 Å². The number of carbonyl (C=O) groups excluding carboxylic acids is 1. The van der Waals surface area contributed by atoms with E-state index in [1.165, 1.54) is 0 Å². The molecule has 1 aromatic carbocycles. The first-order chi connectivity index (χ1) is 11.9. The van der Waals surface area contributed by atoms with Crippen molar-refractivity contribution in [2.75, 3.05) is 11.9 Å². The molecule has 2 unspecified atom stereocenters. The Kier molecular flexibility index (Phi) is 6.11. The van der Waals surface area contributed by atoms with Crippen LogP contribution in [0, 0.1) is 5.41 Å². The van der Waals surface area contributed by atoms with Crippen LogP contribution in [-0.2, 0) is 16.1 Å². The Morgan fingerprint density at radius 3 is 2.69 bits per heavy atom. The van der Waals surface area contributed by atoms with Crippen molar-refractivity contribution in [1.29, 1.82) is 0 Å². The van der Waals surface area contributed by atoms with Crippen LogP contribution >= 0.6 is 12.4 Å². The van der Waals surface area contributed by atoms with E-state index >= 15 is 0 Å². The summed E-state index contributed by atoms with van der Waals surface area (Å²) in [6.07, 6.45) is 4.04. The average Bonchev–Trinajstić information content (AvgIpc) is 3.02. The molecule has 1 saturated carbocycles. The van der Waals surface area contributed by atoms with Gasteiger partial charge in [0.2, 0.25) is 11.9 Å². The summed E-state index contributed by atoms with van der Waals surface area (Å²) in [5.74, 6) is 0.295. The largest absolute Gasteiger partial charge is 0.378 e. The summed E-state index contributed by atoms with van der Waals surface area (Å²) in [6, 6.07) is 10.0. The second kappa shape index (κ2) is 7.78. The Morgan fingerprint density at radius 2 is 2.08 bits per heavy atom. The van der Waals surface area contributed by atoms with Crippen molar-refractivity contribution in [2.45, 2.75) is 45.4 Å². The molecule has 0 bridgehead atoms. The fraction of sp³-hybridized carbons (Fsp3) is 0.474. The van der Waals surface area contributed by atoms with Crippen LogP contribution in [0.25, 0.3) is 0 Å². The van der Waals surface area contributed by atoms with Crippen LogP contribution in [0.3, 0.4) is 0 Å². The van der Waals surface area contributed by atoms with Gasteiger partial charge in [-0.2, -0.15) is 0 Å². The third-order valence-corrected chi connectivity index (χ3v) is 5.37. The van der Waals surface area contributed by atoms with Crippen molar-refractivity contribution in [3.05, 3.63) is 48.3 Å². The molecule has 7 heteroatoms. The van der Waals surface area contributed by atoms with Crippen LogP contribution in [-0.4, -0.2) is 33.7 Å². The lowest BCUT2D eigenvalue weighted by Gasteiger charge is -2.57. The molecule has 1 aliphatic carbocycles. The van der Waals surface area contributed by atoms with Crippen LogP contribution in [0.1, 0.15) is 32.8 Å². The van der Waals surface area contributed by atoms with Crippen LogP contribution in [0.15, 0.2) is 42.7 Å². The summed E-state index contributed by atoms with van der Waals surface area (Å²) in [7, 11) is 0. The minimum Gasteiger partial charge on any atom is -0.378 e. The lowest BCUT2D eigenvalue weighted by atomic mass is 9.54. The number of nitrogens with zero attached hydrogens (tertiary/aromatic N) is 2. The number of halogens is 1. The van der Waals surface area contributed by atoms with Gasteiger partial charge in [0, 0.05) is 30.8 Å². The minimum absolute atomic E-state index is 0. The highest BCUT2D eigenvalue weighted by atomic mass is 35.5. The van der Waals surface area contributed by atoms with Crippen molar-refractivity contribution in [3.63, 3.8) is 0 Å². The van der Waals surface area contributed by atoms with E-state index < -0.39 is 11.0 Å².